The fourth-order valence-electron chi connectivity index (χ4n) is 3.47. The van der Waals surface area contributed by atoms with Gasteiger partial charge in [-0.3, -0.25) is 9.58 Å². The highest BCUT2D eigenvalue weighted by Gasteiger charge is 2.39. The van der Waals surface area contributed by atoms with E-state index in [0.717, 1.165) is 6.54 Å². The van der Waals surface area contributed by atoms with Gasteiger partial charge < -0.3 is 5.73 Å². The zero-order valence-corrected chi connectivity index (χ0v) is 12.8. The maximum atomic E-state index is 6.25. The molecule has 1 aliphatic heterocycles. The molecule has 0 amide bonds. The molecule has 0 aliphatic carbocycles. The maximum absolute atomic E-state index is 6.25. The van der Waals surface area contributed by atoms with E-state index in [1.54, 1.807) is 0 Å². The Kier molecular flexibility index (Phi) is 4.31. The van der Waals surface area contributed by atoms with Crippen molar-refractivity contribution in [3.63, 3.8) is 0 Å². The number of aryl methyl sites for hydroxylation is 1. The Labute approximate surface area is 117 Å². The summed E-state index contributed by atoms with van der Waals surface area (Å²) in [6, 6.07) is 0.433. The number of nitrogens with two attached hydrogens (primary N) is 1. The Morgan fingerprint density at radius 3 is 2.53 bits per heavy atom. The van der Waals surface area contributed by atoms with Crippen LogP contribution in [-0.4, -0.2) is 33.8 Å². The highest BCUT2D eigenvalue weighted by atomic mass is 15.3. The average molecular weight is 264 g/mol. The van der Waals surface area contributed by atoms with E-state index in [1.807, 2.05) is 17.9 Å². The van der Waals surface area contributed by atoms with Gasteiger partial charge in [-0.25, -0.2) is 0 Å². The smallest absolute Gasteiger partial charge is 0.0538 e. The summed E-state index contributed by atoms with van der Waals surface area (Å²) in [4.78, 5) is 2.56. The summed E-state index contributed by atoms with van der Waals surface area (Å²) in [5.74, 6) is 0. The fourth-order valence-corrected chi connectivity index (χ4v) is 3.47. The summed E-state index contributed by atoms with van der Waals surface area (Å²) >= 11 is 0. The van der Waals surface area contributed by atoms with Gasteiger partial charge in [-0.1, -0.05) is 13.8 Å². The first-order chi connectivity index (χ1) is 9.01. The molecule has 1 aromatic rings. The third-order valence-corrected chi connectivity index (χ3v) is 4.93. The number of hydrogen-bond donors (Lipinski definition) is 1. The minimum atomic E-state index is 0.133. The van der Waals surface area contributed by atoms with Gasteiger partial charge in [-0.05, 0) is 38.1 Å². The molecular formula is C15H28N4. The molecule has 1 aromatic heterocycles. The number of rotatable bonds is 5. The lowest BCUT2D eigenvalue weighted by atomic mass is 9.82. The van der Waals surface area contributed by atoms with Gasteiger partial charge in [0.1, 0.15) is 0 Å². The van der Waals surface area contributed by atoms with Gasteiger partial charge >= 0.3 is 0 Å². The van der Waals surface area contributed by atoms with E-state index < -0.39 is 0 Å². The highest BCUT2D eigenvalue weighted by molar-refractivity contribution is 5.14. The number of likely N-dealkylation sites (tertiary alicyclic amines) is 1. The first-order valence-electron chi connectivity index (χ1n) is 7.49. The largest absolute Gasteiger partial charge is 0.326 e. The Morgan fingerprint density at radius 2 is 2.11 bits per heavy atom. The van der Waals surface area contributed by atoms with Gasteiger partial charge in [-0.2, -0.15) is 5.10 Å². The zero-order valence-electron chi connectivity index (χ0n) is 12.8. The normalized spacial score (nSPS) is 22.6. The van der Waals surface area contributed by atoms with Crippen LogP contribution in [0.2, 0.25) is 0 Å². The van der Waals surface area contributed by atoms with Crippen molar-refractivity contribution in [1.29, 1.82) is 0 Å². The first-order valence-corrected chi connectivity index (χ1v) is 7.49. The van der Waals surface area contributed by atoms with E-state index in [9.17, 15) is 0 Å². The monoisotopic (exact) mass is 264 g/mol. The van der Waals surface area contributed by atoms with Crippen molar-refractivity contribution < 1.29 is 0 Å². The topological polar surface area (TPSA) is 47.1 Å². The predicted molar refractivity (Wildman–Crippen MR) is 78.8 cm³/mol. The van der Waals surface area contributed by atoms with Gasteiger partial charge in [-0.15, -0.1) is 0 Å². The molecule has 4 heteroatoms. The lowest BCUT2D eigenvalue weighted by Crippen LogP contribution is -2.39. The van der Waals surface area contributed by atoms with Gasteiger partial charge in [0.25, 0.3) is 0 Å². The molecule has 4 nitrogen and oxygen atoms in total. The Morgan fingerprint density at radius 1 is 1.42 bits per heavy atom. The standard InChI is InChI=1S/C15H28N4/c1-5-15(6-2)7-8-19(11-15)14(12(3)16)13-9-17-18(4)10-13/h9-10,12,14H,5-8,11,16H2,1-4H3. The van der Waals surface area contributed by atoms with Crippen LogP contribution in [0.4, 0.5) is 0 Å². The van der Waals surface area contributed by atoms with Crippen LogP contribution in [0.25, 0.3) is 0 Å². The Hall–Kier alpha value is -0.870. The van der Waals surface area contributed by atoms with Gasteiger partial charge in [0.2, 0.25) is 0 Å². The van der Waals surface area contributed by atoms with E-state index >= 15 is 0 Å². The van der Waals surface area contributed by atoms with Crippen molar-refractivity contribution in [1.82, 2.24) is 14.7 Å². The van der Waals surface area contributed by atoms with Crippen LogP contribution in [0.3, 0.4) is 0 Å². The summed E-state index contributed by atoms with van der Waals surface area (Å²) in [5.41, 5.74) is 8.00. The van der Waals surface area contributed by atoms with Crippen LogP contribution >= 0.6 is 0 Å². The van der Waals surface area contributed by atoms with Crippen molar-refractivity contribution in [2.75, 3.05) is 13.1 Å². The molecule has 0 aromatic carbocycles. The minimum Gasteiger partial charge on any atom is -0.326 e. The zero-order chi connectivity index (χ0) is 14.0. The third kappa shape index (κ3) is 2.84. The molecular weight excluding hydrogens is 236 g/mol. The van der Waals surface area contributed by atoms with E-state index in [-0.39, 0.29) is 6.04 Å². The summed E-state index contributed by atoms with van der Waals surface area (Å²) in [7, 11) is 1.97. The fraction of sp³-hybridized carbons (Fsp3) is 0.800. The molecule has 0 spiro atoms. The molecule has 0 bridgehead atoms. The molecule has 2 N–H and O–H groups in total. The highest BCUT2D eigenvalue weighted by Crippen LogP contribution is 2.41. The summed E-state index contributed by atoms with van der Waals surface area (Å²) in [6.07, 6.45) is 7.89. The first kappa shape index (κ1) is 14.5. The molecule has 0 saturated carbocycles. The van der Waals surface area contributed by atoms with Crippen LogP contribution in [0, 0.1) is 5.41 Å². The number of aromatic nitrogens is 2. The second-order valence-corrected chi connectivity index (χ2v) is 6.18. The van der Waals surface area contributed by atoms with Crippen molar-refractivity contribution >= 4 is 0 Å². The van der Waals surface area contributed by atoms with Crippen LogP contribution in [-0.2, 0) is 7.05 Å². The molecule has 108 valence electrons. The summed E-state index contributed by atoms with van der Waals surface area (Å²) in [6.45, 7) is 9.06. The van der Waals surface area contributed by atoms with Crippen LogP contribution in [0.5, 0.6) is 0 Å². The van der Waals surface area contributed by atoms with Crippen LogP contribution in [0.1, 0.15) is 51.6 Å². The van der Waals surface area contributed by atoms with E-state index in [4.69, 9.17) is 5.73 Å². The second-order valence-electron chi connectivity index (χ2n) is 6.18. The second kappa shape index (κ2) is 5.63. The number of nitrogens with zero attached hydrogens (tertiary/aromatic N) is 3. The molecule has 2 unspecified atom stereocenters. The molecule has 1 aliphatic rings. The lowest BCUT2D eigenvalue weighted by molar-refractivity contribution is 0.178. The quantitative estimate of drug-likeness (QED) is 0.888. The van der Waals surface area contributed by atoms with E-state index in [2.05, 4.69) is 37.0 Å². The maximum Gasteiger partial charge on any atom is 0.0538 e. The van der Waals surface area contributed by atoms with Crippen molar-refractivity contribution in [2.45, 2.75) is 52.1 Å². The van der Waals surface area contributed by atoms with E-state index in [1.165, 1.54) is 31.4 Å². The van der Waals surface area contributed by atoms with E-state index in [0.29, 0.717) is 11.5 Å². The predicted octanol–water partition coefficient (Wildman–Crippen LogP) is 2.32. The molecule has 1 saturated heterocycles. The molecule has 2 atom stereocenters. The van der Waals surface area contributed by atoms with Crippen LogP contribution < -0.4 is 5.73 Å². The summed E-state index contributed by atoms with van der Waals surface area (Å²) in [5, 5.41) is 4.30. The third-order valence-electron chi connectivity index (χ3n) is 4.93. The van der Waals surface area contributed by atoms with Gasteiger partial charge in [0.05, 0.1) is 12.2 Å². The average Bonchev–Trinajstić information content (AvgIpc) is 2.97. The molecule has 0 radical (unpaired) electrons. The Bertz CT molecular complexity index is 406. The van der Waals surface area contributed by atoms with Gasteiger partial charge in [0, 0.05) is 31.4 Å². The van der Waals surface area contributed by atoms with Crippen LogP contribution in [0.15, 0.2) is 12.4 Å². The lowest BCUT2D eigenvalue weighted by Gasteiger charge is -2.33. The van der Waals surface area contributed by atoms with Crippen molar-refractivity contribution in [2.24, 2.45) is 18.2 Å². The minimum absolute atomic E-state index is 0.133. The Balaban J connectivity index is 2.18. The van der Waals surface area contributed by atoms with Gasteiger partial charge in [0.15, 0.2) is 0 Å². The molecule has 1 fully saturated rings. The van der Waals surface area contributed by atoms with Crippen molar-refractivity contribution in [3.8, 4) is 0 Å². The molecule has 2 heterocycles. The summed E-state index contributed by atoms with van der Waals surface area (Å²) < 4.78 is 1.87. The van der Waals surface area contributed by atoms with Crippen molar-refractivity contribution in [3.05, 3.63) is 18.0 Å². The number of hydrogen-bond acceptors (Lipinski definition) is 3. The molecule has 19 heavy (non-hydrogen) atoms. The molecule has 2 rings (SSSR count). The SMILES string of the molecule is CCC1(CC)CCN(C(c2cnn(C)c2)C(C)N)C1.